The van der Waals surface area contributed by atoms with Crippen molar-refractivity contribution in [3.05, 3.63) is 24.0 Å². The Balaban J connectivity index is 1.82. The summed E-state index contributed by atoms with van der Waals surface area (Å²) in [6, 6.07) is 1.69. The fraction of sp³-hybridized carbons (Fsp3) is 0.600. The van der Waals surface area contributed by atoms with Crippen LogP contribution in [0.15, 0.2) is 18.5 Å². The lowest BCUT2D eigenvalue weighted by Gasteiger charge is -2.22. The van der Waals surface area contributed by atoms with Crippen molar-refractivity contribution >= 4 is 11.7 Å². The Labute approximate surface area is 120 Å². The maximum absolute atomic E-state index is 11.9. The number of hydrogen-bond donors (Lipinski definition) is 2. The Kier molecular flexibility index (Phi) is 4.95. The van der Waals surface area contributed by atoms with Crippen LogP contribution in [-0.4, -0.2) is 30.3 Å². The molecule has 1 aliphatic heterocycles. The third kappa shape index (κ3) is 3.70. The van der Waals surface area contributed by atoms with Crippen molar-refractivity contribution < 1.29 is 9.53 Å². The molecular weight excluding hydrogens is 254 g/mol. The standard InChI is InChI=1S/C15H23N3O2/c1-10(2)14-12(5-7-20-14)8-17-15(19)18-13-9-16-6-4-11(13)3/h4,6,9-10,12,14H,5,7-8H2,1-3H3,(H2,17,18,19)/t12-,14-/m0/s1. The number of amides is 2. The molecule has 0 unspecified atom stereocenters. The highest BCUT2D eigenvalue weighted by molar-refractivity contribution is 5.89. The highest BCUT2D eigenvalue weighted by Gasteiger charge is 2.30. The number of carbonyl (C=O) groups excluding carboxylic acids is 1. The van der Waals surface area contributed by atoms with E-state index in [-0.39, 0.29) is 12.1 Å². The van der Waals surface area contributed by atoms with Crippen LogP contribution in [0.1, 0.15) is 25.8 Å². The summed E-state index contributed by atoms with van der Waals surface area (Å²) in [7, 11) is 0. The number of aryl methyl sites for hydroxylation is 1. The van der Waals surface area contributed by atoms with Gasteiger partial charge in [-0.2, -0.15) is 0 Å². The van der Waals surface area contributed by atoms with Gasteiger partial charge in [0.2, 0.25) is 0 Å². The average Bonchev–Trinajstić information content (AvgIpc) is 2.88. The molecule has 1 aromatic heterocycles. The van der Waals surface area contributed by atoms with Crippen molar-refractivity contribution in [3.8, 4) is 0 Å². The lowest BCUT2D eigenvalue weighted by molar-refractivity contribution is 0.0546. The molecule has 2 heterocycles. The van der Waals surface area contributed by atoms with Gasteiger partial charge in [0.25, 0.3) is 0 Å². The topological polar surface area (TPSA) is 63.2 Å². The third-order valence-corrected chi connectivity index (χ3v) is 3.73. The first kappa shape index (κ1) is 14.8. The molecule has 2 atom stereocenters. The largest absolute Gasteiger partial charge is 0.378 e. The zero-order chi connectivity index (χ0) is 14.5. The summed E-state index contributed by atoms with van der Waals surface area (Å²) in [5.74, 6) is 0.878. The first-order valence-electron chi connectivity index (χ1n) is 7.15. The summed E-state index contributed by atoms with van der Waals surface area (Å²) < 4.78 is 5.71. The second-order valence-corrected chi connectivity index (χ2v) is 5.65. The molecule has 110 valence electrons. The molecule has 1 aliphatic rings. The number of pyridine rings is 1. The summed E-state index contributed by atoms with van der Waals surface area (Å²) in [6.45, 7) is 7.69. The van der Waals surface area contributed by atoms with E-state index < -0.39 is 0 Å². The van der Waals surface area contributed by atoms with E-state index >= 15 is 0 Å². The van der Waals surface area contributed by atoms with Gasteiger partial charge >= 0.3 is 6.03 Å². The lowest BCUT2D eigenvalue weighted by Crippen LogP contribution is -2.37. The minimum atomic E-state index is -0.185. The maximum Gasteiger partial charge on any atom is 0.319 e. The quantitative estimate of drug-likeness (QED) is 0.889. The summed E-state index contributed by atoms with van der Waals surface area (Å²) in [5, 5.41) is 5.75. The van der Waals surface area contributed by atoms with E-state index in [9.17, 15) is 4.79 Å². The van der Waals surface area contributed by atoms with E-state index in [0.717, 1.165) is 24.3 Å². The number of aromatic nitrogens is 1. The molecular formula is C15H23N3O2. The number of carbonyl (C=O) groups is 1. The van der Waals surface area contributed by atoms with Crippen LogP contribution in [0.3, 0.4) is 0 Å². The Hall–Kier alpha value is -1.62. The summed E-state index contributed by atoms with van der Waals surface area (Å²) in [4.78, 5) is 15.9. The van der Waals surface area contributed by atoms with Gasteiger partial charge in [-0.3, -0.25) is 4.98 Å². The smallest absolute Gasteiger partial charge is 0.319 e. The van der Waals surface area contributed by atoms with Crippen LogP contribution in [0.4, 0.5) is 10.5 Å². The number of rotatable bonds is 4. The molecule has 0 radical (unpaired) electrons. The zero-order valence-electron chi connectivity index (χ0n) is 12.3. The molecule has 2 amide bonds. The van der Waals surface area contributed by atoms with E-state index in [0.29, 0.717) is 18.4 Å². The van der Waals surface area contributed by atoms with Gasteiger partial charge < -0.3 is 15.4 Å². The summed E-state index contributed by atoms with van der Waals surface area (Å²) in [5.41, 5.74) is 1.74. The average molecular weight is 277 g/mol. The van der Waals surface area contributed by atoms with Gasteiger partial charge in [-0.15, -0.1) is 0 Å². The fourth-order valence-corrected chi connectivity index (χ4v) is 2.60. The minimum Gasteiger partial charge on any atom is -0.378 e. The third-order valence-electron chi connectivity index (χ3n) is 3.73. The van der Waals surface area contributed by atoms with Gasteiger partial charge in [-0.05, 0) is 30.9 Å². The molecule has 5 heteroatoms. The van der Waals surface area contributed by atoms with Crippen molar-refractivity contribution in [1.29, 1.82) is 0 Å². The van der Waals surface area contributed by atoms with Crippen LogP contribution in [0, 0.1) is 18.8 Å². The lowest BCUT2D eigenvalue weighted by atomic mass is 9.93. The minimum absolute atomic E-state index is 0.185. The van der Waals surface area contributed by atoms with Crippen molar-refractivity contribution in [2.75, 3.05) is 18.5 Å². The monoisotopic (exact) mass is 277 g/mol. The van der Waals surface area contributed by atoms with Crippen molar-refractivity contribution in [1.82, 2.24) is 10.3 Å². The van der Waals surface area contributed by atoms with Crippen LogP contribution < -0.4 is 10.6 Å². The van der Waals surface area contributed by atoms with Gasteiger partial charge in [-0.1, -0.05) is 13.8 Å². The summed E-state index contributed by atoms with van der Waals surface area (Å²) >= 11 is 0. The first-order valence-corrected chi connectivity index (χ1v) is 7.15. The van der Waals surface area contributed by atoms with Crippen LogP contribution in [0.5, 0.6) is 0 Å². The number of hydrogen-bond acceptors (Lipinski definition) is 3. The van der Waals surface area contributed by atoms with Crippen LogP contribution in [0.2, 0.25) is 0 Å². The zero-order valence-corrected chi connectivity index (χ0v) is 12.3. The second kappa shape index (κ2) is 6.70. The van der Waals surface area contributed by atoms with E-state index in [1.165, 1.54) is 0 Å². The number of urea groups is 1. The van der Waals surface area contributed by atoms with Crippen molar-refractivity contribution in [2.45, 2.75) is 33.3 Å². The predicted octanol–water partition coefficient (Wildman–Crippen LogP) is 2.57. The molecule has 0 bridgehead atoms. The Morgan fingerprint density at radius 3 is 3.05 bits per heavy atom. The van der Waals surface area contributed by atoms with Gasteiger partial charge in [0.15, 0.2) is 0 Å². The van der Waals surface area contributed by atoms with Gasteiger partial charge in [0.1, 0.15) is 0 Å². The van der Waals surface area contributed by atoms with Crippen LogP contribution in [0.25, 0.3) is 0 Å². The second-order valence-electron chi connectivity index (χ2n) is 5.65. The highest BCUT2D eigenvalue weighted by Crippen LogP contribution is 2.26. The predicted molar refractivity (Wildman–Crippen MR) is 78.7 cm³/mol. The molecule has 2 N–H and O–H groups in total. The highest BCUT2D eigenvalue weighted by atomic mass is 16.5. The molecule has 1 saturated heterocycles. The number of ether oxygens (including phenoxy) is 1. The van der Waals surface area contributed by atoms with E-state index in [2.05, 4.69) is 29.5 Å². The normalized spacial score (nSPS) is 22.0. The Bertz CT molecular complexity index is 462. The van der Waals surface area contributed by atoms with Gasteiger partial charge in [0, 0.05) is 25.3 Å². The first-order chi connectivity index (χ1) is 9.58. The van der Waals surface area contributed by atoms with Crippen LogP contribution in [-0.2, 0) is 4.74 Å². The molecule has 0 aromatic carbocycles. The molecule has 20 heavy (non-hydrogen) atoms. The molecule has 0 saturated carbocycles. The molecule has 5 nitrogen and oxygen atoms in total. The van der Waals surface area contributed by atoms with Gasteiger partial charge in [0.05, 0.1) is 18.0 Å². The maximum atomic E-state index is 11.9. The molecule has 0 aliphatic carbocycles. The fourth-order valence-electron chi connectivity index (χ4n) is 2.60. The molecule has 1 fully saturated rings. The molecule has 0 spiro atoms. The van der Waals surface area contributed by atoms with E-state index in [1.54, 1.807) is 12.4 Å². The molecule has 1 aromatic rings. The molecule has 2 rings (SSSR count). The van der Waals surface area contributed by atoms with E-state index in [1.807, 2.05) is 13.0 Å². The Morgan fingerprint density at radius 1 is 1.55 bits per heavy atom. The van der Waals surface area contributed by atoms with Crippen molar-refractivity contribution in [3.63, 3.8) is 0 Å². The van der Waals surface area contributed by atoms with Gasteiger partial charge in [-0.25, -0.2) is 4.79 Å². The van der Waals surface area contributed by atoms with Crippen molar-refractivity contribution in [2.24, 2.45) is 11.8 Å². The number of nitrogens with one attached hydrogen (secondary N) is 2. The van der Waals surface area contributed by atoms with Crippen LogP contribution >= 0.6 is 0 Å². The number of nitrogens with zero attached hydrogens (tertiary/aromatic N) is 1. The van der Waals surface area contributed by atoms with E-state index in [4.69, 9.17) is 4.74 Å². The summed E-state index contributed by atoms with van der Waals surface area (Å²) in [6.07, 6.45) is 4.62. The SMILES string of the molecule is Cc1ccncc1NC(=O)NC[C@@H]1CCO[C@H]1C(C)C. The number of anilines is 1. The Morgan fingerprint density at radius 2 is 2.35 bits per heavy atom.